The SMILES string of the molecule is CC(C)(CCBr)CNC(=O)CCOCC(F)(F)F. The van der Waals surface area contributed by atoms with Crippen molar-refractivity contribution >= 4 is 21.8 Å². The molecule has 0 saturated heterocycles. The Kier molecular flexibility index (Phi) is 7.86. The Morgan fingerprint density at radius 3 is 2.44 bits per heavy atom. The zero-order valence-electron chi connectivity index (χ0n) is 10.6. The lowest BCUT2D eigenvalue weighted by Gasteiger charge is -2.23. The molecular formula is C11H19BrF3NO2. The molecule has 0 atom stereocenters. The van der Waals surface area contributed by atoms with E-state index in [4.69, 9.17) is 0 Å². The number of hydrogen-bond acceptors (Lipinski definition) is 2. The van der Waals surface area contributed by atoms with Gasteiger partial charge in [-0.25, -0.2) is 0 Å². The van der Waals surface area contributed by atoms with Crippen LogP contribution in [0.1, 0.15) is 26.7 Å². The van der Waals surface area contributed by atoms with E-state index in [-0.39, 0.29) is 24.3 Å². The Labute approximate surface area is 114 Å². The molecule has 0 aliphatic heterocycles. The number of carbonyl (C=O) groups excluding carboxylic acids is 1. The third-order valence-corrected chi connectivity index (χ3v) is 2.67. The molecule has 0 heterocycles. The van der Waals surface area contributed by atoms with Crippen molar-refractivity contribution < 1.29 is 22.7 Å². The van der Waals surface area contributed by atoms with Crippen molar-refractivity contribution in [3.05, 3.63) is 0 Å². The summed E-state index contributed by atoms with van der Waals surface area (Å²) < 4.78 is 39.6. The average Bonchev–Trinajstić information content (AvgIpc) is 2.20. The maximum Gasteiger partial charge on any atom is 0.411 e. The Hall–Kier alpha value is -0.300. The zero-order chi connectivity index (χ0) is 14.2. The summed E-state index contributed by atoms with van der Waals surface area (Å²) in [7, 11) is 0. The fraction of sp³-hybridized carbons (Fsp3) is 0.909. The van der Waals surface area contributed by atoms with Gasteiger partial charge in [0.2, 0.25) is 5.91 Å². The second kappa shape index (κ2) is 7.99. The maximum absolute atomic E-state index is 11.7. The Balaban J connectivity index is 3.66. The first-order valence-electron chi connectivity index (χ1n) is 5.63. The first-order chi connectivity index (χ1) is 8.16. The lowest BCUT2D eigenvalue weighted by Crippen LogP contribution is -2.34. The number of halogens is 4. The molecular weight excluding hydrogens is 315 g/mol. The molecule has 0 bridgehead atoms. The van der Waals surface area contributed by atoms with Gasteiger partial charge in [-0.05, 0) is 11.8 Å². The normalized spacial score (nSPS) is 12.6. The molecule has 0 rings (SSSR count). The van der Waals surface area contributed by atoms with Crippen LogP contribution in [-0.4, -0.2) is 37.2 Å². The minimum atomic E-state index is -4.34. The zero-order valence-corrected chi connectivity index (χ0v) is 12.2. The summed E-state index contributed by atoms with van der Waals surface area (Å²) in [6.45, 7) is 2.99. The lowest BCUT2D eigenvalue weighted by molar-refractivity contribution is -0.174. The van der Waals surface area contributed by atoms with Crippen molar-refractivity contribution in [3.63, 3.8) is 0 Å². The van der Waals surface area contributed by atoms with Crippen LogP contribution < -0.4 is 5.32 Å². The first-order valence-corrected chi connectivity index (χ1v) is 6.75. The predicted molar refractivity (Wildman–Crippen MR) is 66.7 cm³/mol. The molecule has 0 unspecified atom stereocenters. The summed E-state index contributed by atoms with van der Waals surface area (Å²) in [5.41, 5.74) is -0.0357. The number of amides is 1. The number of ether oxygens (including phenoxy) is 1. The van der Waals surface area contributed by atoms with Crippen LogP contribution in [0.2, 0.25) is 0 Å². The van der Waals surface area contributed by atoms with E-state index in [1.165, 1.54) is 0 Å². The van der Waals surface area contributed by atoms with Crippen molar-refractivity contribution in [1.29, 1.82) is 0 Å². The Morgan fingerprint density at radius 2 is 1.94 bits per heavy atom. The van der Waals surface area contributed by atoms with E-state index < -0.39 is 12.8 Å². The summed E-state index contributed by atoms with van der Waals surface area (Å²) >= 11 is 3.32. The highest BCUT2D eigenvalue weighted by atomic mass is 79.9. The minimum absolute atomic E-state index is 0.0357. The van der Waals surface area contributed by atoms with Crippen LogP contribution >= 0.6 is 15.9 Å². The molecule has 1 amide bonds. The van der Waals surface area contributed by atoms with E-state index in [2.05, 4.69) is 26.0 Å². The molecule has 0 saturated carbocycles. The Bertz CT molecular complexity index is 257. The van der Waals surface area contributed by atoms with Crippen molar-refractivity contribution in [2.75, 3.05) is 25.1 Å². The van der Waals surface area contributed by atoms with Crippen molar-refractivity contribution in [1.82, 2.24) is 5.32 Å². The molecule has 3 nitrogen and oxygen atoms in total. The van der Waals surface area contributed by atoms with Crippen LogP contribution in [0, 0.1) is 5.41 Å². The highest BCUT2D eigenvalue weighted by Gasteiger charge is 2.27. The maximum atomic E-state index is 11.7. The fourth-order valence-electron chi connectivity index (χ4n) is 1.12. The van der Waals surface area contributed by atoms with E-state index >= 15 is 0 Å². The molecule has 18 heavy (non-hydrogen) atoms. The monoisotopic (exact) mass is 333 g/mol. The van der Waals surface area contributed by atoms with Gasteiger partial charge in [0, 0.05) is 18.3 Å². The number of carbonyl (C=O) groups is 1. The molecule has 0 aromatic rings. The molecule has 0 aromatic heterocycles. The van der Waals surface area contributed by atoms with Crippen molar-refractivity contribution in [2.24, 2.45) is 5.41 Å². The first kappa shape index (κ1) is 17.7. The third kappa shape index (κ3) is 10.8. The van der Waals surface area contributed by atoms with Crippen molar-refractivity contribution in [2.45, 2.75) is 32.9 Å². The second-order valence-corrected chi connectivity index (χ2v) is 5.59. The molecule has 0 aliphatic rings. The summed E-state index contributed by atoms with van der Waals surface area (Å²) in [6, 6.07) is 0. The molecule has 1 N–H and O–H groups in total. The topological polar surface area (TPSA) is 38.3 Å². The molecule has 0 aliphatic carbocycles. The van der Waals surface area contributed by atoms with Gasteiger partial charge in [0.05, 0.1) is 6.61 Å². The predicted octanol–water partition coefficient (Wildman–Crippen LogP) is 2.88. The van der Waals surface area contributed by atoms with Gasteiger partial charge in [0.25, 0.3) is 0 Å². The van der Waals surface area contributed by atoms with Crippen LogP contribution in [0.15, 0.2) is 0 Å². The third-order valence-electron chi connectivity index (χ3n) is 2.27. The van der Waals surface area contributed by atoms with E-state index in [1.54, 1.807) is 0 Å². The number of alkyl halides is 4. The van der Waals surface area contributed by atoms with E-state index in [1.807, 2.05) is 13.8 Å². The van der Waals surface area contributed by atoms with Gasteiger partial charge < -0.3 is 10.1 Å². The molecule has 108 valence electrons. The number of nitrogens with one attached hydrogen (secondary N) is 1. The molecule has 7 heteroatoms. The summed E-state index contributed by atoms with van der Waals surface area (Å²) in [5.74, 6) is -0.292. The van der Waals surface area contributed by atoms with Gasteiger partial charge in [0.1, 0.15) is 6.61 Å². The average molecular weight is 334 g/mol. The van der Waals surface area contributed by atoms with Gasteiger partial charge in [-0.1, -0.05) is 29.8 Å². The lowest BCUT2D eigenvalue weighted by atomic mass is 9.90. The summed E-state index contributed by atoms with van der Waals surface area (Å²) in [5, 5.41) is 3.52. The molecule has 0 aromatic carbocycles. The van der Waals surface area contributed by atoms with Gasteiger partial charge in [-0.3, -0.25) is 4.79 Å². The van der Waals surface area contributed by atoms with E-state index in [0.29, 0.717) is 6.54 Å². The van der Waals surface area contributed by atoms with E-state index in [0.717, 1.165) is 11.8 Å². The van der Waals surface area contributed by atoms with Crippen molar-refractivity contribution in [3.8, 4) is 0 Å². The molecule has 0 radical (unpaired) electrons. The number of rotatable bonds is 8. The highest BCUT2D eigenvalue weighted by molar-refractivity contribution is 9.09. The van der Waals surface area contributed by atoms with Crippen LogP contribution in [0.25, 0.3) is 0 Å². The largest absolute Gasteiger partial charge is 0.411 e. The van der Waals surface area contributed by atoms with Crippen LogP contribution in [0.5, 0.6) is 0 Å². The summed E-state index contributed by atoms with van der Waals surface area (Å²) in [4.78, 5) is 11.3. The molecule has 0 fully saturated rings. The van der Waals surface area contributed by atoms with Crippen LogP contribution in [0.3, 0.4) is 0 Å². The minimum Gasteiger partial charge on any atom is -0.372 e. The van der Waals surface area contributed by atoms with Crippen LogP contribution in [0.4, 0.5) is 13.2 Å². The molecule has 0 spiro atoms. The second-order valence-electron chi connectivity index (χ2n) is 4.80. The van der Waals surface area contributed by atoms with Gasteiger partial charge >= 0.3 is 6.18 Å². The van der Waals surface area contributed by atoms with Gasteiger partial charge in [0.15, 0.2) is 0 Å². The van der Waals surface area contributed by atoms with Gasteiger partial charge in [-0.2, -0.15) is 13.2 Å². The number of hydrogen-bond donors (Lipinski definition) is 1. The van der Waals surface area contributed by atoms with Gasteiger partial charge in [-0.15, -0.1) is 0 Å². The Morgan fingerprint density at radius 1 is 1.33 bits per heavy atom. The standard InChI is InChI=1S/C11H19BrF3NO2/c1-10(2,4-5-12)7-16-9(17)3-6-18-8-11(13,14)15/h3-8H2,1-2H3,(H,16,17). The van der Waals surface area contributed by atoms with E-state index in [9.17, 15) is 18.0 Å². The smallest absolute Gasteiger partial charge is 0.372 e. The highest BCUT2D eigenvalue weighted by Crippen LogP contribution is 2.19. The quantitative estimate of drug-likeness (QED) is 0.548. The fourth-order valence-corrected chi connectivity index (χ4v) is 2.20. The summed E-state index contributed by atoms with van der Waals surface area (Å²) in [6.07, 6.45) is -3.49. The van der Waals surface area contributed by atoms with Crippen LogP contribution in [-0.2, 0) is 9.53 Å².